The van der Waals surface area contributed by atoms with Crippen molar-refractivity contribution in [2.75, 3.05) is 50.1 Å². The molecule has 0 spiro atoms. The van der Waals surface area contributed by atoms with E-state index in [0.29, 0.717) is 56.0 Å². The molecule has 2 aromatic rings. The third-order valence-corrected chi connectivity index (χ3v) is 6.70. The number of cyclic esters (lactones) is 1. The highest BCUT2D eigenvalue weighted by molar-refractivity contribution is 5.95. The van der Waals surface area contributed by atoms with Gasteiger partial charge < -0.3 is 30.2 Å². The van der Waals surface area contributed by atoms with E-state index in [2.05, 4.69) is 20.9 Å². The molecule has 38 heavy (non-hydrogen) atoms. The Morgan fingerprint density at radius 2 is 2.08 bits per heavy atom. The van der Waals surface area contributed by atoms with Gasteiger partial charge in [-0.05, 0) is 61.5 Å². The number of rotatable bonds is 9. The van der Waals surface area contributed by atoms with Crippen LogP contribution in [0.15, 0.2) is 18.2 Å². The van der Waals surface area contributed by atoms with E-state index in [0.717, 1.165) is 6.07 Å². The van der Waals surface area contributed by atoms with Crippen LogP contribution >= 0.6 is 0 Å². The van der Waals surface area contributed by atoms with Gasteiger partial charge in [0.2, 0.25) is 0 Å². The summed E-state index contributed by atoms with van der Waals surface area (Å²) in [5.74, 6) is -1.18. The lowest BCUT2D eigenvalue weighted by Gasteiger charge is -2.19. The zero-order valence-electron chi connectivity index (χ0n) is 20.6. The maximum absolute atomic E-state index is 14.9. The van der Waals surface area contributed by atoms with Crippen LogP contribution in [0.2, 0.25) is 0 Å². The minimum Gasteiger partial charge on any atom is -0.481 e. The van der Waals surface area contributed by atoms with Crippen molar-refractivity contribution in [3.63, 3.8) is 0 Å². The summed E-state index contributed by atoms with van der Waals surface area (Å²) in [4.78, 5) is 41.0. The molecule has 3 amide bonds. The van der Waals surface area contributed by atoms with Crippen LogP contribution in [-0.2, 0) is 27.2 Å². The Labute approximate surface area is 216 Å². The summed E-state index contributed by atoms with van der Waals surface area (Å²) in [7, 11) is 1.43. The standard InChI is InChI=1S/C25H27F2N5O6/c1-28-21(33)11-37-19-8-17(26)15-6-13(7-16(15)23(19)27)9-29-5-4-14-10-32(25(35)38-14)20-3-2-18-24(30-20)31-22(34)12-36-18/h2-3,8,13-14,29H,4-7,9-12H2,1H3,(H,28,33)(H,30,31,34). The first-order chi connectivity index (χ1) is 18.3. The van der Waals surface area contributed by atoms with E-state index in [4.69, 9.17) is 14.2 Å². The minimum atomic E-state index is -0.632. The molecule has 0 radical (unpaired) electrons. The SMILES string of the molecule is CNC(=O)COc1cc(F)c2c(c1F)CC(CNCCC1CN(c3ccc4c(n3)NC(=O)CO4)C(=O)O1)C2. The highest BCUT2D eigenvalue weighted by atomic mass is 19.1. The van der Waals surface area contributed by atoms with Crippen molar-refractivity contribution in [3.05, 3.63) is 41.0 Å². The number of fused-ring (bicyclic) bond motifs is 2. The van der Waals surface area contributed by atoms with Crippen molar-refractivity contribution < 1.29 is 37.4 Å². The number of nitrogens with one attached hydrogen (secondary N) is 3. The van der Waals surface area contributed by atoms with Gasteiger partial charge in [0.1, 0.15) is 17.7 Å². The van der Waals surface area contributed by atoms with Crippen LogP contribution in [0, 0.1) is 17.6 Å². The van der Waals surface area contributed by atoms with Gasteiger partial charge >= 0.3 is 6.09 Å². The van der Waals surface area contributed by atoms with Crippen molar-refractivity contribution >= 4 is 29.5 Å². The molecule has 1 aromatic carbocycles. The second-order valence-electron chi connectivity index (χ2n) is 9.33. The molecule has 0 saturated carbocycles. The number of carbonyl (C=O) groups excluding carboxylic acids is 3. The van der Waals surface area contributed by atoms with Gasteiger partial charge in [-0.25, -0.2) is 18.6 Å². The minimum absolute atomic E-state index is 0.0112. The number of hydrogen-bond donors (Lipinski definition) is 3. The molecule has 0 bridgehead atoms. The number of aromatic nitrogens is 1. The van der Waals surface area contributed by atoms with Crippen molar-refractivity contribution in [1.29, 1.82) is 0 Å². The summed E-state index contributed by atoms with van der Waals surface area (Å²) in [6, 6.07) is 4.26. The molecule has 202 valence electrons. The molecule has 1 saturated heterocycles. The van der Waals surface area contributed by atoms with E-state index >= 15 is 0 Å². The van der Waals surface area contributed by atoms with Gasteiger partial charge in [-0.15, -0.1) is 0 Å². The Balaban J connectivity index is 1.10. The predicted octanol–water partition coefficient (Wildman–Crippen LogP) is 1.54. The van der Waals surface area contributed by atoms with Crippen LogP contribution in [-0.4, -0.2) is 68.9 Å². The molecule has 1 fully saturated rings. The Bertz CT molecular complexity index is 1280. The average Bonchev–Trinajstić information content (AvgIpc) is 3.51. The maximum Gasteiger partial charge on any atom is 0.415 e. The Kier molecular flexibility index (Phi) is 7.27. The predicted molar refractivity (Wildman–Crippen MR) is 130 cm³/mol. The van der Waals surface area contributed by atoms with E-state index in [1.807, 2.05) is 0 Å². The van der Waals surface area contributed by atoms with Crippen LogP contribution in [0.4, 0.5) is 25.2 Å². The fourth-order valence-corrected chi connectivity index (χ4v) is 4.77. The highest BCUT2D eigenvalue weighted by Crippen LogP contribution is 2.35. The molecule has 11 nitrogen and oxygen atoms in total. The van der Waals surface area contributed by atoms with Gasteiger partial charge in [0.25, 0.3) is 11.8 Å². The normalized spacial score (nSPS) is 19.8. The van der Waals surface area contributed by atoms with E-state index in [1.165, 1.54) is 11.9 Å². The van der Waals surface area contributed by atoms with Gasteiger partial charge in [0, 0.05) is 13.1 Å². The van der Waals surface area contributed by atoms with Crippen molar-refractivity contribution in [2.24, 2.45) is 5.92 Å². The first-order valence-electron chi connectivity index (χ1n) is 12.3. The van der Waals surface area contributed by atoms with Gasteiger partial charge in [0.15, 0.2) is 36.3 Å². The molecule has 3 N–H and O–H groups in total. The average molecular weight is 532 g/mol. The number of ether oxygens (including phenoxy) is 3. The fraction of sp³-hybridized carbons (Fsp3) is 0.440. The Hall–Kier alpha value is -4.00. The topological polar surface area (TPSA) is 131 Å². The smallest absolute Gasteiger partial charge is 0.415 e. The molecule has 1 aromatic heterocycles. The molecule has 5 rings (SSSR count). The molecule has 13 heteroatoms. The number of anilines is 2. The van der Waals surface area contributed by atoms with Gasteiger partial charge in [0.05, 0.1) is 6.54 Å². The first kappa shape index (κ1) is 25.6. The number of amides is 3. The molecule has 3 aliphatic rings. The van der Waals surface area contributed by atoms with Crippen LogP contribution in [0.5, 0.6) is 11.5 Å². The van der Waals surface area contributed by atoms with Crippen LogP contribution in [0.1, 0.15) is 17.5 Å². The van der Waals surface area contributed by atoms with E-state index in [1.54, 1.807) is 12.1 Å². The lowest BCUT2D eigenvalue weighted by molar-refractivity contribution is -0.122. The van der Waals surface area contributed by atoms with Crippen LogP contribution in [0.25, 0.3) is 0 Å². The second-order valence-corrected chi connectivity index (χ2v) is 9.33. The van der Waals surface area contributed by atoms with Crippen molar-refractivity contribution in [3.8, 4) is 11.5 Å². The number of nitrogens with zero attached hydrogens (tertiary/aromatic N) is 2. The summed E-state index contributed by atoms with van der Waals surface area (Å²) in [6.07, 6.45) is 0.370. The molecular formula is C25H27F2N5O6. The second kappa shape index (κ2) is 10.8. The number of benzene rings is 1. The summed E-state index contributed by atoms with van der Waals surface area (Å²) >= 11 is 0. The van der Waals surface area contributed by atoms with E-state index < -0.39 is 30.2 Å². The van der Waals surface area contributed by atoms with Crippen LogP contribution < -0.4 is 30.3 Å². The zero-order valence-corrected chi connectivity index (χ0v) is 20.6. The van der Waals surface area contributed by atoms with E-state index in [-0.39, 0.29) is 41.7 Å². The summed E-state index contributed by atoms with van der Waals surface area (Å²) in [5.41, 5.74) is 0.615. The number of hydrogen-bond acceptors (Lipinski definition) is 8. The van der Waals surface area contributed by atoms with Crippen molar-refractivity contribution in [1.82, 2.24) is 15.6 Å². The summed E-state index contributed by atoms with van der Waals surface area (Å²) < 4.78 is 45.3. The number of likely N-dealkylation sites (N-methyl/N-ethyl adjacent to an activating group) is 1. The quantitative estimate of drug-likeness (QED) is 0.416. The van der Waals surface area contributed by atoms with E-state index in [9.17, 15) is 23.2 Å². The largest absolute Gasteiger partial charge is 0.481 e. The molecule has 2 atom stereocenters. The lowest BCUT2D eigenvalue weighted by Crippen LogP contribution is -2.30. The lowest BCUT2D eigenvalue weighted by atomic mass is 10.1. The zero-order chi connectivity index (χ0) is 26.8. The molecule has 2 unspecified atom stereocenters. The number of carbonyl (C=O) groups is 3. The maximum atomic E-state index is 14.9. The molecular weight excluding hydrogens is 504 g/mol. The van der Waals surface area contributed by atoms with Gasteiger partial charge in [-0.2, -0.15) is 0 Å². The van der Waals surface area contributed by atoms with Gasteiger partial charge in [-0.1, -0.05) is 0 Å². The third-order valence-electron chi connectivity index (χ3n) is 6.70. The summed E-state index contributed by atoms with van der Waals surface area (Å²) in [6.45, 7) is 0.878. The highest BCUT2D eigenvalue weighted by Gasteiger charge is 2.34. The molecule has 2 aliphatic heterocycles. The van der Waals surface area contributed by atoms with Gasteiger partial charge in [-0.3, -0.25) is 14.5 Å². The number of pyridine rings is 1. The monoisotopic (exact) mass is 531 g/mol. The Morgan fingerprint density at radius 1 is 1.26 bits per heavy atom. The summed E-state index contributed by atoms with van der Waals surface area (Å²) in [5, 5.41) is 8.26. The fourth-order valence-electron chi connectivity index (χ4n) is 4.77. The Morgan fingerprint density at radius 3 is 2.89 bits per heavy atom. The molecule has 1 aliphatic carbocycles. The molecule has 3 heterocycles. The van der Waals surface area contributed by atoms with Crippen molar-refractivity contribution in [2.45, 2.75) is 25.4 Å². The first-order valence-corrected chi connectivity index (χ1v) is 12.3. The number of halogens is 2. The third kappa shape index (κ3) is 5.32. The van der Waals surface area contributed by atoms with Crippen LogP contribution in [0.3, 0.4) is 0 Å².